The zero-order chi connectivity index (χ0) is 60.1. The standard InChI is InChI=1S/C80H46N4O8/c1-9-25-63-47(17-1)37-71(85-63)81(72-38-48-18-2-10-26-64(48)86-72)59-45-60(82(73-39-49-19-3-11-27-65(49)87-73)74-40-50-20-4-12-28-66(50)88-74)56-35-36-58-62(84(77-43-53-23-7-15-31-69(53)91-77)78-44-54-24-8-16-32-70(54)92-78)46-61(57-34-33-55(59)79(56)80(57)58)83(75-41-51-21-5-13-29-67(51)89-75)76-42-52-22-6-14-30-68(52)90-76/h1-46H. The lowest BCUT2D eigenvalue weighted by molar-refractivity contribution is 0.581. The van der Waals surface area contributed by atoms with Gasteiger partial charge in [-0.1, -0.05) is 170 Å². The minimum atomic E-state index is 0.536. The van der Waals surface area contributed by atoms with Gasteiger partial charge in [0.15, 0.2) is 0 Å². The second-order valence-corrected chi connectivity index (χ2v) is 23.2. The van der Waals surface area contributed by atoms with Crippen LogP contribution in [0.3, 0.4) is 0 Å². The highest BCUT2D eigenvalue weighted by molar-refractivity contribution is 6.33. The number of fused-ring (bicyclic) bond motifs is 8. The van der Waals surface area contributed by atoms with E-state index in [1.807, 2.05) is 146 Å². The van der Waals surface area contributed by atoms with Crippen LogP contribution in [0.25, 0.3) is 120 Å². The summed E-state index contributed by atoms with van der Waals surface area (Å²) in [4.78, 5) is 8.38. The molecule has 92 heavy (non-hydrogen) atoms. The fourth-order valence-electron chi connectivity index (χ4n) is 13.7. The van der Waals surface area contributed by atoms with E-state index in [0.29, 0.717) is 47.1 Å². The third-order valence-electron chi connectivity index (χ3n) is 17.8. The molecular formula is C80H46N4O8. The van der Waals surface area contributed by atoms with E-state index in [0.717, 1.165) is 143 Å². The average molecular weight is 1190 g/mol. The van der Waals surface area contributed by atoms with Gasteiger partial charge < -0.3 is 35.3 Å². The van der Waals surface area contributed by atoms with E-state index < -0.39 is 0 Å². The lowest BCUT2D eigenvalue weighted by Gasteiger charge is -2.30. The molecule has 20 aromatic rings. The fraction of sp³-hybridized carbons (Fsp3) is 0. The summed E-state index contributed by atoms with van der Waals surface area (Å²) in [6.07, 6.45) is 0. The van der Waals surface area contributed by atoms with E-state index in [-0.39, 0.29) is 0 Å². The average Bonchev–Trinajstić information content (AvgIpc) is 2.18. The Morgan fingerprint density at radius 3 is 0.467 bits per heavy atom. The molecule has 0 fully saturated rings. The van der Waals surface area contributed by atoms with E-state index in [9.17, 15) is 0 Å². The molecular weight excluding hydrogens is 1140 g/mol. The molecule has 0 N–H and O–H groups in total. The van der Waals surface area contributed by atoms with Gasteiger partial charge >= 0.3 is 0 Å². The molecule has 0 aliphatic rings. The van der Waals surface area contributed by atoms with Crippen LogP contribution in [0.15, 0.2) is 314 Å². The van der Waals surface area contributed by atoms with Crippen LogP contribution < -0.4 is 19.6 Å². The van der Waals surface area contributed by atoms with Crippen LogP contribution in [0.1, 0.15) is 0 Å². The molecule has 12 aromatic carbocycles. The second-order valence-electron chi connectivity index (χ2n) is 23.2. The Balaban J connectivity index is 0.974. The molecule has 0 saturated heterocycles. The normalized spacial score (nSPS) is 12.1. The van der Waals surface area contributed by atoms with Crippen molar-refractivity contribution in [2.75, 3.05) is 19.6 Å². The summed E-state index contributed by atoms with van der Waals surface area (Å²) < 4.78 is 56.3. The molecule has 12 heteroatoms. The smallest absolute Gasteiger partial charge is 0.208 e. The number of nitrogens with zero attached hydrogens (tertiary/aromatic N) is 4. The van der Waals surface area contributed by atoms with Crippen LogP contribution in [0.2, 0.25) is 0 Å². The molecule has 0 unspecified atom stereocenters. The Kier molecular flexibility index (Phi) is 10.6. The molecule has 0 amide bonds. The Labute approximate surface area is 521 Å². The van der Waals surface area contributed by atoms with E-state index in [4.69, 9.17) is 35.3 Å². The second kappa shape index (κ2) is 19.3. The van der Waals surface area contributed by atoms with Crippen molar-refractivity contribution in [1.29, 1.82) is 0 Å². The number of rotatable bonds is 12. The quantitative estimate of drug-likeness (QED) is 0.108. The predicted molar refractivity (Wildman–Crippen MR) is 367 cm³/mol. The summed E-state index contributed by atoms with van der Waals surface area (Å²) in [5, 5.41) is 12.7. The van der Waals surface area contributed by atoms with E-state index in [2.05, 4.69) is 153 Å². The maximum atomic E-state index is 7.03. The first-order chi connectivity index (χ1) is 45.5. The molecule has 20 rings (SSSR count). The molecule has 8 heterocycles. The summed E-state index contributed by atoms with van der Waals surface area (Å²) >= 11 is 0. The summed E-state index contributed by atoms with van der Waals surface area (Å²) in [5.74, 6) is 4.29. The molecule has 0 aliphatic carbocycles. The molecule has 434 valence electrons. The van der Waals surface area contributed by atoms with Crippen molar-refractivity contribution in [1.82, 2.24) is 0 Å². The lowest BCUT2D eigenvalue weighted by atomic mass is 9.89. The molecule has 12 nitrogen and oxygen atoms in total. The number of furan rings is 8. The molecule has 0 radical (unpaired) electrons. The fourth-order valence-corrected chi connectivity index (χ4v) is 13.7. The highest BCUT2D eigenvalue weighted by Crippen LogP contribution is 2.57. The van der Waals surface area contributed by atoms with E-state index in [1.54, 1.807) is 0 Å². The maximum absolute atomic E-state index is 7.03. The predicted octanol–water partition coefficient (Wildman–Crippen LogP) is 24.4. The van der Waals surface area contributed by atoms with Crippen molar-refractivity contribution in [3.05, 3.63) is 279 Å². The number of benzene rings is 12. The van der Waals surface area contributed by atoms with Crippen molar-refractivity contribution in [2.45, 2.75) is 0 Å². The highest BCUT2D eigenvalue weighted by Gasteiger charge is 2.34. The molecule has 8 aromatic heterocycles. The van der Waals surface area contributed by atoms with Gasteiger partial charge in [0.25, 0.3) is 0 Å². The molecule has 0 bridgehead atoms. The van der Waals surface area contributed by atoms with Crippen LogP contribution in [-0.2, 0) is 0 Å². The molecule has 0 atom stereocenters. The Hall–Kier alpha value is -12.8. The Morgan fingerprint density at radius 2 is 0.315 bits per heavy atom. The monoisotopic (exact) mass is 1190 g/mol. The van der Waals surface area contributed by atoms with Crippen molar-refractivity contribution in [2.24, 2.45) is 0 Å². The first kappa shape index (κ1) is 50.2. The number of hydrogen-bond acceptors (Lipinski definition) is 12. The SMILES string of the molecule is c1ccc2oc(N(c3cc4ccccc4o3)c3cc(N(c4cc5ccccc5o4)c4cc5ccccc5o4)c4ccc5c(N(c6cc7ccccc7o6)c6cc7ccccc7o6)cc(N(c6cc7ccccc7o6)c6cc7ccccc7o6)c6ccc3c4c65)cc2c1. The van der Waals surface area contributed by atoms with Gasteiger partial charge in [-0.2, -0.15) is 0 Å². The zero-order valence-electron chi connectivity index (χ0n) is 48.6. The lowest BCUT2D eigenvalue weighted by Crippen LogP contribution is -2.15. The first-order valence-electron chi connectivity index (χ1n) is 30.4. The van der Waals surface area contributed by atoms with E-state index >= 15 is 0 Å². The Bertz CT molecular complexity index is 4990. The van der Waals surface area contributed by atoms with Gasteiger partial charge in [0.2, 0.25) is 47.1 Å². The van der Waals surface area contributed by atoms with Crippen LogP contribution in [0.5, 0.6) is 0 Å². The number of para-hydroxylation sites is 8. The molecule has 0 spiro atoms. The van der Waals surface area contributed by atoms with Crippen molar-refractivity contribution in [3.8, 4) is 0 Å². The maximum Gasteiger partial charge on any atom is 0.208 e. The summed E-state index contributed by atoms with van der Waals surface area (Å²) in [5.41, 5.74) is 8.69. The van der Waals surface area contributed by atoms with Gasteiger partial charge in [0, 0.05) is 124 Å². The summed E-state index contributed by atoms with van der Waals surface area (Å²) in [7, 11) is 0. The minimum absolute atomic E-state index is 0.536. The van der Waals surface area contributed by atoms with Gasteiger partial charge in [0.1, 0.15) is 44.7 Å². The van der Waals surface area contributed by atoms with Gasteiger partial charge in [0.05, 0.1) is 22.7 Å². The third kappa shape index (κ3) is 7.70. The van der Waals surface area contributed by atoms with Crippen molar-refractivity contribution >= 4 is 190 Å². The third-order valence-corrected chi connectivity index (χ3v) is 17.8. The molecule has 0 saturated carbocycles. The highest BCUT2D eigenvalue weighted by atomic mass is 16.4. The summed E-state index contributed by atoms with van der Waals surface area (Å²) in [6.45, 7) is 0. The number of hydrogen-bond donors (Lipinski definition) is 0. The first-order valence-corrected chi connectivity index (χ1v) is 30.4. The van der Waals surface area contributed by atoms with Crippen LogP contribution in [0, 0.1) is 0 Å². The summed E-state index contributed by atoms with van der Waals surface area (Å²) in [6, 6.07) is 94.4. The van der Waals surface area contributed by atoms with Crippen molar-refractivity contribution in [3.63, 3.8) is 0 Å². The molecule has 0 aliphatic heterocycles. The van der Waals surface area contributed by atoms with Crippen molar-refractivity contribution < 1.29 is 35.3 Å². The zero-order valence-corrected chi connectivity index (χ0v) is 48.6. The van der Waals surface area contributed by atoms with Crippen LogP contribution >= 0.6 is 0 Å². The van der Waals surface area contributed by atoms with Gasteiger partial charge in [-0.3, -0.25) is 0 Å². The van der Waals surface area contributed by atoms with Crippen LogP contribution in [0.4, 0.5) is 69.8 Å². The van der Waals surface area contributed by atoms with E-state index in [1.165, 1.54) is 0 Å². The topological polar surface area (TPSA) is 118 Å². The van der Waals surface area contributed by atoms with Gasteiger partial charge in [-0.05, 0) is 60.7 Å². The largest absolute Gasteiger partial charge is 0.440 e. The minimum Gasteiger partial charge on any atom is -0.440 e. The number of anilines is 12. The van der Waals surface area contributed by atoms with Crippen LogP contribution in [-0.4, -0.2) is 0 Å². The van der Waals surface area contributed by atoms with Gasteiger partial charge in [-0.25, -0.2) is 19.6 Å². The Morgan fingerprint density at radius 1 is 0.163 bits per heavy atom. The van der Waals surface area contributed by atoms with Gasteiger partial charge in [-0.15, -0.1) is 0 Å².